The number of amides is 1. The second-order valence-corrected chi connectivity index (χ2v) is 8.25. The van der Waals surface area contributed by atoms with E-state index in [1.54, 1.807) is 12.3 Å². The molecule has 1 aromatic carbocycles. The zero-order valence-electron chi connectivity index (χ0n) is 18.5. The van der Waals surface area contributed by atoms with Crippen LogP contribution in [0.2, 0.25) is 0 Å². The van der Waals surface area contributed by atoms with Crippen molar-refractivity contribution in [2.45, 2.75) is 13.0 Å². The molecule has 5 rings (SSSR count). The van der Waals surface area contributed by atoms with Gasteiger partial charge in [-0.1, -0.05) is 12.1 Å². The number of aryl methyl sites for hydroxylation is 1. The van der Waals surface area contributed by atoms with Crippen molar-refractivity contribution in [3.63, 3.8) is 0 Å². The minimum atomic E-state index is -0.114. The van der Waals surface area contributed by atoms with Crippen molar-refractivity contribution in [1.82, 2.24) is 24.6 Å². The van der Waals surface area contributed by atoms with Gasteiger partial charge in [0.05, 0.1) is 42.3 Å². The number of ether oxygens (including phenoxy) is 1. The lowest BCUT2D eigenvalue weighted by molar-refractivity contribution is -0.131. The molecule has 2 saturated heterocycles. The molecule has 0 aliphatic carbocycles. The number of nitrogens with zero attached hydrogens (tertiary/aromatic N) is 7. The summed E-state index contributed by atoms with van der Waals surface area (Å²) in [5, 5.41) is 9.07. The highest BCUT2D eigenvalue weighted by molar-refractivity contribution is 5.78. The lowest BCUT2D eigenvalue weighted by atomic mass is 10.2. The van der Waals surface area contributed by atoms with Crippen molar-refractivity contribution in [2.24, 2.45) is 0 Å². The fourth-order valence-electron chi connectivity index (χ4n) is 4.32. The Morgan fingerprint density at radius 1 is 1.00 bits per heavy atom. The van der Waals surface area contributed by atoms with Gasteiger partial charge in [-0.15, -0.1) is 5.10 Å². The van der Waals surface area contributed by atoms with Gasteiger partial charge in [-0.05, 0) is 12.1 Å². The molecule has 2 aliphatic heterocycles. The maximum absolute atomic E-state index is 12.8. The molecular weight excluding hydrogens is 422 g/mol. The van der Waals surface area contributed by atoms with Gasteiger partial charge >= 0.3 is 0 Å². The van der Waals surface area contributed by atoms with Crippen molar-refractivity contribution in [3.8, 4) is 0 Å². The number of aromatic nitrogens is 4. The number of benzene rings is 1. The van der Waals surface area contributed by atoms with E-state index in [-0.39, 0.29) is 17.9 Å². The number of fused-ring (bicyclic) bond motifs is 1. The largest absolute Gasteiger partial charge is 0.378 e. The molecule has 2 aliphatic rings. The summed E-state index contributed by atoms with van der Waals surface area (Å²) in [6.45, 7) is 6.10. The Labute approximate surface area is 191 Å². The molecule has 10 nitrogen and oxygen atoms in total. The number of anilines is 2. The van der Waals surface area contributed by atoms with Gasteiger partial charge in [0.15, 0.2) is 5.82 Å². The van der Waals surface area contributed by atoms with Crippen LogP contribution in [0.1, 0.15) is 6.42 Å². The average Bonchev–Trinajstić information content (AvgIpc) is 2.89. The van der Waals surface area contributed by atoms with E-state index in [1.807, 2.05) is 23.1 Å². The van der Waals surface area contributed by atoms with Crippen molar-refractivity contribution in [1.29, 1.82) is 0 Å². The number of carbonyl (C=O) groups is 1. The minimum Gasteiger partial charge on any atom is -0.378 e. The van der Waals surface area contributed by atoms with E-state index < -0.39 is 0 Å². The Morgan fingerprint density at radius 3 is 2.61 bits per heavy atom. The predicted molar refractivity (Wildman–Crippen MR) is 124 cm³/mol. The number of para-hydroxylation sites is 1. The van der Waals surface area contributed by atoms with E-state index in [0.29, 0.717) is 43.6 Å². The van der Waals surface area contributed by atoms with E-state index in [0.717, 1.165) is 37.8 Å². The summed E-state index contributed by atoms with van der Waals surface area (Å²) >= 11 is 0. The van der Waals surface area contributed by atoms with Crippen LogP contribution in [0.5, 0.6) is 0 Å². The number of piperazine rings is 1. The van der Waals surface area contributed by atoms with Crippen LogP contribution in [0.3, 0.4) is 0 Å². The van der Waals surface area contributed by atoms with E-state index in [1.165, 1.54) is 10.9 Å². The Morgan fingerprint density at radius 2 is 1.79 bits per heavy atom. The molecule has 0 spiro atoms. The predicted octanol–water partition coefficient (Wildman–Crippen LogP) is 0.762. The molecule has 33 heavy (non-hydrogen) atoms. The van der Waals surface area contributed by atoms with Gasteiger partial charge in [0.25, 0.3) is 5.56 Å². The van der Waals surface area contributed by atoms with Gasteiger partial charge in [-0.25, -0.2) is 4.98 Å². The summed E-state index contributed by atoms with van der Waals surface area (Å²) in [5.74, 6) is 0.878. The SMILES string of the molecule is O=C(CCn1cnc2ccccc2c1=O)N1CCN(c2cc(N3CCOCC3)cnn2)CC1. The van der Waals surface area contributed by atoms with Crippen molar-refractivity contribution >= 4 is 28.3 Å². The fourth-order valence-corrected chi connectivity index (χ4v) is 4.32. The van der Waals surface area contributed by atoms with Crippen LogP contribution >= 0.6 is 0 Å². The number of hydrogen-bond donors (Lipinski definition) is 0. The monoisotopic (exact) mass is 449 g/mol. The molecule has 0 bridgehead atoms. The Balaban J connectivity index is 1.16. The van der Waals surface area contributed by atoms with E-state index >= 15 is 0 Å². The summed E-state index contributed by atoms with van der Waals surface area (Å²) in [5.41, 5.74) is 1.61. The molecule has 2 fully saturated rings. The Kier molecular flexibility index (Phi) is 6.16. The second kappa shape index (κ2) is 9.53. The van der Waals surface area contributed by atoms with Gasteiger partial charge in [0, 0.05) is 58.3 Å². The quantitative estimate of drug-likeness (QED) is 0.563. The summed E-state index contributed by atoms with van der Waals surface area (Å²) in [6, 6.07) is 9.31. The lowest BCUT2D eigenvalue weighted by Crippen LogP contribution is -2.49. The Hall–Kier alpha value is -3.53. The van der Waals surface area contributed by atoms with Crippen LogP contribution in [-0.2, 0) is 16.1 Å². The number of morpholine rings is 1. The highest BCUT2D eigenvalue weighted by Crippen LogP contribution is 2.21. The average molecular weight is 450 g/mol. The highest BCUT2D eigenvalue weighted by atomic mass is 16.5. The molecule has 10 heteroatoms. The zero-order chi connectivity index (χ0) is 22.6. The maximum atomic E-state index is 12.8. The number of rotatable bonds is 5. The smallest absolute Gasteiger partial charge is 0.261 e. The molecule has 0 atom stereocenters. The first kappa shape index (κ1) is 21.3. The molecule has 3 aromatic rings. The van der Waals surface area contributed by atoms with Crippen LogP contribution in [0.4, 0.5) is 11.5 Å². The molecule has 172 valence electrons. The molecule has 0 N–H and O–H groups in total. The molecule has 1 amide bonds. The summed E-state index contributed by atoms with van der Waals surface area (Å²) in [4.78, 5) is 36.0. The number of hydrogen-bond acceptors (Lipinski definition) is 8. The third-order valence-electron chi connectivity index (χ3n) is 6.26. The lowest BCUT2D eigenvalue weighted by Gasteiger charge is -2.36. The topological polar surface area (TPSA) is 96.7 Å². The normalized spacial score (nSPS) is 16.9. The fraction of sp³-hybridized carbons (Fsp3) is 0.435. The van der Waals surface area contributed by atoms with Crippen LogP contribution < -0.4 is 15.4 Å². The standard InChI is InChI=1S/C23H27N7O3/c31-22(5-6-30-17-24-20-4-2-1-3-19(20)23(30)32)29-9-7-28(8-10-29)21-15-18(16-25-26-21)27-11-13-33-14-12-27/h1-4,15-17H,5-14H2. The third kappa shape index (κ3) is 4.65. The molecule has 2 aromatic heterocycles. The van der Waals surface area contributed by atoms with Gasteiger partial charge in [-0.2, -0.15) is 5.10 Å². The first-order valence-electron chi connectivity index (χ1n) is 11.3. The van der Waals surface area contributed by atoms with Crippen LogP contribution in [0.15, 0.2) is 47.7 Å². The summed E-state index contributed by atoms with van der Waals surface area (Å²) < 4.78 is 6.94. The molecular formula is C23H27N7O3. The van der Waals surface area contributed by atoms with Crippen LogP contribution in [-0.4, -0.2) is 83.0 Å². The summed E-state index contributed by atoms with van der Waals surface area (Å²) in [7, 11) is 0. The van der Waals surface area contributed by atoms with Crippen molar-refractivity contribution < 1.29 is 9.53 Å². The molecule has 0 unspecified atom stereocenters. The Bertz CT molecular complexity index is 1180. The first-order chi connectivity index (χ1) is 16.2. The van der Waals surface area contributed by atoms with E-state index in [2.05, 4.69) is 31.0 Å². The zero-order valence-corrected chi connectivity index (χ0v) is 18.5. The van der Waals surface area contributed by atoms with E-state index in [9.17, 15) is 9.59 Å². The van der Waals surface area contributed by atoms with E-state index in [4.69, 9.17) is 4.74 Å². The summed E-state index contributed by atoms with van der Waals surface area (Å²) in [6.07, 6.45) is 3.58. The first-order valence-corrected chi connectivity index (χ1v) is 11.3. The van der Waals surface area contributed by atoms with Crippen molar-refractivity contribution in [3.05, 3.63) is 53.2 Å². The molecule has 0 saturated carbocycles. The maximum Gasteiger partial charge on any atom is 0.261 e. The van der Waals surface area contributed by atoms with Gasteiger partial charge in [-0.3, -0.25) is 14.2 Å². The van der Waals surface area contributed by atoms with Gasteiger partial charge in [0.2, 0.25) is 5.91 Å². The number of carbonyl (C=O) groups excluding carboxylic acids is 1. The minimum absolute atomic E-state index is 0.0443. The highest BCUT2D eigenvalue weighted by Gasteiger charge is 2.23. The van der Waals surface area contributed by atoms with Crippen LogP contribution in [0.25, 0.3) is 10.9 Å². The van der Waals surface area contributed by atoms with Gasteiger partial charge < -0.3 is 19.4 Å². The molecule has 0 radical (unpaired) electrons. The molecule has 4 heterocycles. The van der Waals surface area contributed by atoms with Gasteiger partial charge in [0.1, 0.15) is 0 Å². The second-order valence-electron chi connectivity index (χ2n) is 8.25. The van der Waals surface area contributed by atoms with Crippen LogP contribution in [0, 0.1) is 0 Å². The third-order valence-corrected chi connectivity index (χ3v) is 6.26. The van der Waals surface area contributed by atoms with Crippen molar-refractivity contribution in [2.75, 3.05) is 62.3 Å².